The molecule has 2 aromatic carbocycles. The van der Waals surface area contributed by atoms with Crippen LogP contribution < -0.4 is 14.4 Å². The van der Waals surface area contributed by atoms with Crippen molar-refractivity contribution in [1.29, 1.82) is 0 Å². The highest BCUT2D eigenvalue weighted by atomic mass is 35.5. The Morgan fingerprint density at radius 3 is 2.42 bits per heavy atom. The molecule has 0 atom stereocenters. The van der Waals surface area contributed by atoms with Crippen LogP contribution >= 0.6 is 11.6 Å². The van der Waals surface area contributed by atoms with E-state index in [1.54, 1.807) is 0 Å². The average molecular weight is 482 g/mol. The van der Waals surface area contributed by atoms with Crippen LogP contribution in [0.3, 0.4) is 0 Å². The predicted octanol–water partition coefficient (Wildman–Crippen LogP) is 3.68. The summed E-state index contributed by atoms with van der Waals surface area (Å²) < 4.78 is 69.7. The minimum atomic E-state index is -4.84. The molecule has 0 bridgehead atoms. The molecule has 0 saturated heterocycles. The maximum atomic E-state index is 13.2. The highest BCUT2D eigenvalue weighted by molar-refractivity contribution is 7.92. The summed E-state index contributed by atoms with van der Waals surface area (Å²) in [6.45, 7) is -0.976. The molecule has 9 nitrogen and oxygen atoms in total. The van der Waals surface area contributed by atoms with Crippen LogP contribution in [0.4, 0.5) is 30.2 Å². The van der Waals surface area contributed by atoms with Crippen LogP contribution in [0.15, 0.2) is 36.4 Å². The van der Waals surface area contributed by atoms with Gasteiger partial charge in [-0.3, -0.25) is 19.2 Å². The van der Waals surface area contributed by atoms with Gasteiger partial charge in [0.2, 0.25) is 15.9 Å². The van der Waals surface area contributed by atoms with Crippen molar-refractivity contribution in [2.45, 2.75) is 6.18 Å². The first-order chi connectivity index (χ1) is 14.2. The summed E-state index contributed by atoms with van der Waals surface area (Å²) in [6.07, 6.45) is -4.12. The van der Waals surface area contributed by atoms with E-state index in [1.807, 2.05) is 5.32 Å². The van der Waals surface area contributed by atoms with Crippen LogP contribution in [0.2, 0.25) is 5.02 Å². The van der Waals surface area contributed by atoms with E-state index in [2.05, 4.69) is 0 Å². The number of anilines is 2. The van der Waals surface area contributed by atoms with E-state index < -0.39 is 50.5 Å². The molecule has 0 heterocycles. The maximum Gasteiger partial charge on any atom is 0.418 e. The summed E-state index contributed by atoms with van der Waals surface area (Å²) in [4.78, 5) is 22.7. The molecule has 2 rings (SSSR count). The summed E-state index contributed by atoms with van der Waals surface area (Å²) in [5, 5.41) is 12.8. The van der Waals surface area contributed by atoms with E-state index >= 15 is 0 Å². The second-order valence-electron chi connectivity index (χ2n) is 6.12. The fraction of sp³-hybridized carbons (Fsp3) is 0.235. The van der Waals surface area contributed by atoms with Gasteiger partial charge in [0, 0.05) is 17.2 Å². The molecule has 14 heteroatoms. The molecule has 0 aliphatic carbocycles. The van der Waals surface area contributed by atoms with Crippen molar-refractivity contribution in [3.05, 3.63) is 57.1 Å². The standard InChI is InChI=1S/C17H15ClF3N3O6S/c1-30-15-6-4-11(24(26)27)8-14(15)23(31(2,28)29)9-16(25)22-13-5-3-10(18)7-12(13)17(19,20)21/h3-8H,9H2,1-2H3,(H,22,25). The zero-order valence-corrected chi connectivity index (χ0v) is 17.5. The lowest BCUT2D eigenvalue weighted by atomic mass is 10.1. The van der Waals surface area contributed by atoms with Crippen LogP contribution in [0.1, 0.15) is 5.56 Å². The van der Waals surface area contributed by atoms with Gasteiger partial charge in [-0.25, -0.2) is 8.42 Å². The highest BCUT2D eigenvalue weighted by Crippen LogP contribution is 2.37. The first kappa shape index (κ1) is 24.2. The number of methoxy groups -OCH3 is 1. The molecule has 0 spiro atoms. The quantitative estimate of drug-likeness (QED) is 0.476. The normalized spacial score (nSPS) is 11.7. The Bertz CT molecular complexity index is 1120. The van der Waals surface area contributed by atoms with Crippen LogP contribution in [-0.4, -0.2) is 39.2 Å². The second kappa shape index (κ2) is 8.98. The Balaban J connectivity index is 2.44. The van der Waals surface area contributed by atoms with Gasteiger partial charge in [0.25, 0.3) is 5.69 Å². The van der Waals surface area contributed by atoms with Gasteiger partial charge in [-0.15, -0.1) is 0 Å². The molecule has 0 saturated carbocycles. The fourth-order valence-corrected chi connectivity index (χ4v) is 3.57. The van der Waals surface area contributed by atoms with Crippen molar-refractivity contribution in [1.82, 2.24) is 0 Å². The lowest BCUT2D eigenvalue weighted by Gasteiger charge is -2.24. The van der Waals surface area contributed by atoms with E-state index in [-0.39, 0.29) is 16.5 Å². The van der Waals surface area contributed by atoms with Gasteiger partial charge in [-0.05, 0) is 24.3 Å². The molecule has 0 fully saturated rings. The van der Waals surface area contributed by atoms with E-state index in [0.717, 1.165) is 36.6 Å². The number of amides is 1. The van der Waals surface area contributed by atoms with Crippen molar-refractivity contribution in [3.8, 4) is 5.75 Å². The number of hydrogen-bond acceptors (Lipinski definition) is 6. The fourth-order valence-electron chi connectivity index (χ4n) is 2.55. The summed E-state index contributed by atoms with van der Waals surface area (Å²) >= 11 is 5.59. The summed E-state index contributed by atoms with van der Waals surface area (Å²) in [7, 11) is -3.02. The number of halogens is 4. The summed E-state index contributed by atoms with van der Waals surface area (Å²) in [5.74, 6) is -1.24. The molecule has 1 amide bonds. The van der Waals surface area contributed by atoms with Gasteiger partial charge in [-0.1, -0.05) is 11.6 Å². The van der Waals surface area contributed by atoms with Crippen molar-refractivity contribution >= 4 is 44.6 Å². The number of non-ortho nitro benzene ring substituents is 1. The second-order valence-corrected chi connectivity index (χ2v) is 8.46. The topological polar surface area (TPSA) is 119 Å². The molecular formula is C17H15ClF3N3O6S. The number of nitrogens with one attached hydrogen (secondary N) is 1. The number of nitrogens with zero attached hydrogens (tertiary/aromatic N) is 2. The van der Waals surface area contributed by atoms with E-state index in [9.17, 15) is 36.5 Å². The number of ether oxygens (including phenoxy) is 1. The van der Waals surface area contributed by atoms with E-state index in [0.29, 0.717) is 10.4 Å². The number of hydrogen-bond donors (Lipinski definition) is 1. The Hall–Kier alpha value is -3.06. The monoisotopic (exact) mass is 481 g/mol. The van der Waals surface area contributed by atoms with Crippen molar-refractivity contribution in [3.63, 3.8) is 0 Å². The van der Waals surface area contributed by atoms with E-state index in [1.165, 1.54) is 7.11 Å². The molecular weight excluding hydrogens is 467 g/mol. The first-order valence-electron chi connectivity index (χ1n) is 8.20. The number of sulfonamides is 1. The number of carbonyl (C=O) groups excluding carboxylic acids is 1. The Morgan fingerprint density at radius 1 is 1.26 bits per heavy atom. The van der Waals surface area contributed by atoms with Crippen LogP contribution in [0.25, 0.3) is 0 Å². The van der Waals surface area contributed by atoms with Crippen molar-refractivity contribution in [2.75, 3.05) is 29.5 Å². The molecule has 31 heavy (non-hydrogen) atoms. The third kappa shape index (κ3) is 5.98. The maximum absolute atomic E-state index is 13.2. The number of nitro groups is 1. The SMILES string of the molecule is COc1ccc([N+](=O)[O-])cc1N(CC(=O)Nc1ccc(Cl)cc1C(F)(F)F)S(C)(=O)=O. The molecule has 0 radical (unpaired) electrons. The number of alkyl halides is 3. The lowest BCUT2D eigenvalue weighted by molar-refractivity contribution is -0.384. The Kier molecular flexibility index (Phi) is 7.01. The van der Waals surface area contributed by atoms with Gasteiger partial charge in [0.1, 0.15) is 18.0 Å². The number of nitro benzene ring substituents is 1. The third-order valence-corrected chi connectivity index (χ3v) is 5.25. The zero-order chi connectivity index (χ0) is 23.6. The zero-order valence-electron chi connectivity index (χ0n) is 15.9. The predicted molar refractivity (Wildman–Crippen MR) is 107 cm³/mol. The minimum absolute atomic E-state index is 0.105. The molecule has 0 unspecified atom stereocenters. The third-order valence-electron chi connectivity index (χ3n) is 3.89. The van der Waals surface area contributed by atoms with Gasteiger partial charge < -0.3 is 10.1 Å². The van der Waals surface area contributed by atoms with Crippen molar-refractivity contribution in [2.24, 2.45) is 0 Å². The molecule has 1 N–H and O–H groups in total. The smallest absolute Gasteiger partial charge is 0.418 e. The van der Waals surface area contributed by atoms with E-state index in [4.69, 9.17) is 16.3 Å². The highest BCUT2D eigenvalue weighted by Gasteiger charge is 2.34. The lowest BCUT2D eigenvalue weighted by Crippen LogP contribution is -2.38. The van der Waals surface area contributed by atoms with Crippen molar-refractivity contribution < 1.29 is 36.0 Å². The van der Waals surface area contributed by atoms with Gasteiger partial charge in [0.15, 0.2) is 0 Å². The number of carbonyl (C=O) groups is 1. The summed E-state index contributed by atoms with van der Waals surface area (Å²) in [5.41, 5.74) is -2.68. The summed E-state index contributed by atoms with van der Waals surface area (Å²) in [6, 6.07) is 5.70. The molecule has 168 valence electrons. The largest absolute Gasteiger partial charge is 0.495 e. The minimum Gasteiger partial charge on any atom is -0.495 e. The van der Waals surface area contributed by atoms with Crippen LogP contribution in [-0.2, 0) is 21.0 Å². The Morgan fingerprint density at radius 2 is 1.90 bits per heavy atom. The molecule has 0 aliphatic heterocycles. The molecule has 0 aliphatic rings. The van der Waals surface area contributed by atoms with Gasteiger partial charge >= 0.3 is 6.18 Å². The first-order valence-corrected chi connectivity index (χ1v) is 10.4. The molecule has 2 aromatic rings. The average Bonchev–Trinajstić information content (AvgIpc) is 2.65. The van der Waals surface area contributed by atoms with Gasteiger partial charge in [-0.2, -0.15) is 13.2 Å². The van der Waals surface area contributed by atoms with Crippen LogP contribution in [0, 0.1) is 10.1 Å². The molecule has 0 aromatic heterocycles. The number of benzene rings is 2. The number of rotatable bonds is 7. The Labute approximate surface area is 179 Å². The van der Waals surface area contributed by atoms with Gasteiger partial charge in [0.05, 0.1) is 29.5 Å². The van der Waals surface area contributed by atoms with Crippen LogP contribution in [0.5, 0.6) is 5.75 Å².